The van der Waals surface area contributed by atoms with Gasteiger partial charge in [-0.2, -0.15) is 0 Å². The van der Waals surface area contributed by atoms with Crippen LogP contribution >= 0.6 is 0 Å². The minimum absolute atomic E-state index is 0.224. The summed E-state index contributed by atoms with van der Waals surface area (Å²) < 4.78 is 10.8. The molecule has 1 saturated heterocycles. The first-order valence-corrected chi connectivity index (χ1v) is 9.66. The zero-order valence-electron chi connectivity index (χ0n) is 16.4. The average Bonchev–Trinajstić information content (AvgIpc) is 3.28. The van der Waals surface area contributed by atoms with Crippen molar-refractivity contribution in [2.75, 3.05) is 31.9 Å². The number of oxazole rings is 1. The van der Waals surface area contributed by atoms with Crippen LogP contribution in [0, 0.1) is 0 Å². The maximum absolute atomic E-state index is 12.7. The predicted molar refractivity (Wildman–Crippen MR) is 110 cm³/mol. The predicted octanol–water partition coefficient (Wildman–Crippen LogP) is 3.02. The topological polar surface area (TPSA) is 102 Å². The van der Waals surface area contributed by atoms with Gasteiger partial charge in [-0.05, 0) is 29.8 Å². The number of rotatable bonds is 4. The molecule has 1 aliphatic rings. The molecule has 0 unspecified atom stereocenters. The summed E-state index contributed by atoms with van der Waals surface area (Å²) in [5.41, 5.74) is 8.24. The number of carbonyl (C=O) groups excluding carboxylic acids is 2. The lowest BCUT2D eigenvalue weighted by Crippen LogP contribution is -2.50. The highest BCUT2D eigenvalue weighted by molar-refractivity contribution is 5.92. The van der Waals surface area contributed by atoms with Crippen molar-refractivity contribution in [1.82, 2.24) is 14.8 Å². The van der Waals surface area contributed by atoms with Gasteiger partial charge in [0.1, 0.15) is 12.9 Å². The van der Waals surface area contributed by atoms with Gasteiger partial charge in [-0.15, -0.1) is 0 Å². The number of ether oxygens (including phenoxy) is 1. The maximum atomic E-state index is 12.7. The second-order valence-corrected chi connectivity index (χ2v) is 6.98. The Bertz CT molecular complexity index is 1010. The fourth-order valence-corrected chi connectivity index (χ4v) is 3.19. The van der Waals surface area contributed by atoms with Crippen molar-refractivity contribution in [3.8, 4) is 11.5 Å². The van der Waals surface area contributed by atoms with Crippen molar-refractivity contribution in [2.24, 2.45) is 0 Å². The standard InChI is InChI=1S/C22H22N4O4/c23-18-8-6-17(7-9-18)20-24-19(15-29-20)21(27)25-10-12-26(13-11-25)22(28)30-14-16-4-2-1-3-5-16/h1-9,15H,10-14,23H2. The van der Waals surface area contributed by atoms with Crippen LogP contribution in [0.5, 0.6) is 0 Å². The molecule has 2 aromatic carbocycles. The number of hydrogen-bond donors (Lipinski definition) is 1. The van der Waals surface area contributed by atoms with Crippen molar-refractivity contribution >= 4 is 17.7 Å². The highest BCUT2D eigenvalue weighted by Gasteiger charge is 2.27. The van der Waals surface area contributed by atoms with Gasteiger partial charge in [-0.25, -0.2) is 9.78 Å². The van der Waals surface area contributed by atoms with Crippen LogP contribution in [0.3, 0.4) is 0 Å². The Kier molecular flexibility index (Phi) is 5.65. The third kappa shape index (κ3) is 4.43. The molecule has 30 heavy (non-hydrogen) atoms. The molecule has 0 aliphatic carbocycles. The van der Waals surface area contributed by atoms with Crippen LogP contribution in [0.4, 0.5) is 10.5 Å². The fourth-order valence-electron chi connectivity index (χ4n) is 3.19. The van der Waals surface area contributed by atoms with Crippen LogP contribution in [-0.4, -0.2) is 53.0 Å². The third-order valence-corrected chi connectivity index (χ3v) is 4.91. The minimum atomic E-state index is -0.377. The Balaban J connectivity index is 1.30. The van der Waals surface area contributed by atoms with Crippen LogP contribution in [0.25, 0.3) is 11.5 Å². The van der Waals surface area contributed by atoms with E-state index < -0.39 is 0 Å². The van der Waals surface area contributed by atoms with E-state index in [9.17, 15) is 9.59 Å². The van der Waals surface area contributed by atoms with Crippen LogP contribution in [0.1, 0.15) is 16.1 Å². The van der Waals surface area contributed by atoms with Gasteiger partial charge in [0.25, 0.3) is 5.91 Å². The molecule has 1 aromatic heterocycles. The quantitative estimate of drug-likeness (QED) is 0.668. The molecule has 2 heterocycles. The van der Waals surface area contributed by atoms with Crippen LogP contribution < -0.4 is 5.73 Å². The molecule has 8 heteroatoms. The lowest BCUT2D eigenvalue weighted by Gasteiger charge is -2.33. The number of aromatic nitrogens is 1. The summed E-state index contributed by atoms with van der Waals surface area (Å²) in [5.74, 6) is 0.138. The normalized spacial score (nSPS) is 13.9. The van der Waals surface area contributed by atoms with E-state index in [1.165, 1.54) is 6.26 Å². The molecule has 0 atom stereocenters. The summed E-state index contributed by atoms with van der Waals surface area (Å²) in [7, 11) is 0. The van der Waals surface area contributed by atoms with E-state index >= 15 is 0 Å². The van der Waals surface area contributed by atoms with Crippen molar-refractivity contribution in [2.45, 2.75) is 6.61 Å². The lowest BCUT2D eigenvalue weighted by atomic mass is 10.2. The summed E-state index contributed by atoms with van der Waals surface area (Å²) in [6, 6.07) is 16.6. The van der Waals surface area contributed by atoms with Crippen LogP contribution in [0.15, 0.2) is 65.3 Å². The van der Waals surface area contributed by atoms with Gasteiger partial charge in [-0.1, -0.05) is 30.3 Å². The molecule has 3 aromatic rings. The van der Waals surface area contributed by atoms with Crippen molar-refractivity contribution in [3.05, 3.63) is 72.1 Å². The van der Waals surface area contributed by atoms with E-state index in [1.807, 2.05) is 30.3 Å². The van der Waals surface area contributed by atoms with E-state index in [2.05, 4.69) is 4.98 Å². The molecular weight excluding hydrogens is 384 g/mol. The van der Waals surface area contributed by atoms with Crippen molar-refractivity contribution < 1.29 is 18.7 Å². The SMILES string of the molecule is Nc1ccc(-c2nc(C(=O)N3CCN(C(=O)OCc4ccccc4)CC3)co2)cc1. The second kappa shape index (κ2) is 8.69. The Morgan fingerprint density at radius 2 is 1.63 bits per heavy atom. The molecule has 1 aliphatic heterocycles. The molecule has 0 bridgehead atoms. The molecule has 154 valence electrons. The number of nitrogen functional groups attached to an aromatic ring is 1. The molecule has 0 saturated carbocycles. The molecule has 2 N–H and O–H groups in total. The molecule has 1 fully saturated rings. The Morgan fingerprint density at radius 3 is 2.33 bits per heavy atom. The zero-order valence-corrected chi connectivity index (χ0v) is 16.4. The highest BCUT2D eigenvalue weighted by Crippen LogP contribution is 2.21. The van der Waals surface area contributed by atoms with Gasteiger partial charge >= 0.3 is 6.09 Å². The first kappa shape index (κ1) is 19.5. The Hall–Kier alpha value is -3.81. The van der Waals surface area contributed by atoms with E-state index in [4.69, 9.17) is 14.9 Å². The fraction of sp³-hybridized carbons (Fsp3) is 0.227. The average molecular weight is 406 g/mol. The van der Waals surface area contributed by atoms with E-state index in [-0.39, 0.29) is 24.3 Å². The van der Waals surface area contributed by atoms with Crippen LogP contribution in [0.2, 0.25) is 0 Å². The number of benzene rings is 2. The number of carbonyl (C=O) groups is 2. The maximum Gasteiger partial charge on any atom is 0.410 e. The summed E-state index contributed by atoms with van der Waals surface area (Å²) in [6.07, 6.45) is 0.979. The second-order valence-electron chi connectivity index (χ2n) is 6.98. The Labute approximate surface area is 173 Å². The first-order chi connectivity index (χ1) is 14.6. The number of piperazine rings is 1. The van der Waals surface area contributed by atoms with Gasteiger partial charge in [0, 0.05) is 37.4 Å². The number of anilines is 1. The van der Waals surface area contributed by atoms with Gasteiger partial charge in [-0.3, -0.25) is 4.79 Å². The molecule has 2 amide bonds. The summed E-state index contributed by atoms with van der Waals surface area (Å²) in [6.45, 7) is 1.85. The van der Waals surface area contributed by atoms with Crippen molar-refractivity contribution in [1.29, 1.82) is 0 Å². The first-order valence-electron chi connectivity index (χ1n) is 9.66. The number of hydrogen-bond acceptors (Lipinski definition) is 6. The molecular formula is C22H22N4O4. The minimum Gasteiger partial charge on any atom is -0.445 e. The summed E-state index contributed by atoms with van der Waals surface area (Å²) in [4.78, 5) is 32.6. The largest absolute Gasteiger partial charge is 0.445 e. The van der Waals surface area contributed by atoms with Gasteiger partial charge < -0.3 is 24.7 Å². The van der Waals surface area contributed by atoms with E-state index in [0.29, 0.717) is 37.8 Å². The van der Waals surface area contributed by atoms with Crippen LogP contribution in [-0.2, 0) is 11.3 Å². The Morgan fingerprint density at radius 1 is 0.967 bits per heavy atom. The van der Waals surface area contributed by atoms with E-state index in [0.717, 1.165) is 11.1 Å². The summed E-state index contributed by atoms with van der Waals surface area (Å²) >= 11 is 0. The smallest absolute Gasteiger partial charge is 0.410 e. The van der Waals surface area contributed by atoms with Gasteiger partial charge in [0.15, 0.2) is 5.69 Å². The monoisotopic (exact) mass is 406 g/mol. The third-order valence-electron chi connectivity index (χ3n) is 4.91. The van der Waals surface area contributed by atoms with E-state index in [1.54, 1.807) is 34.1 Å². The highest BCUT2D eigenvalue weighted by atomic mass is 16.6. The zero-order chi connectivity index (χ0) is 20.9. The van der Waals surface area contributed by atoms with Gasteiger partial charge in [0.05, 0.1) is 0 Å². The number of nitrogens with zero attached hydrogens (tertiary/aromatic N) is 3. The molecule has 0 radical (unpaired) electrons. The lowest BCUT2D eigenvalue weighted by molar-refractivity contribution is 0.0539. The van der Waals surface area contributed by atoms with Crippen molar-refractivity contribution in [3.63, 3.8) is 0 Å². The molecule has 0 spiro atoms. The van der Waals surface area contributed by atoms with Gasteiger partial charge in [0.2, 0.25) is 5.89 Å². The molecule has 4 rings (SSSR count). The summed E-state index contributed by atoms with van der Waals surface area (Å²) in [5, 5.41) is 0. The number of amides is 2. The number of nitrogens with two attached hydrogens (primary N) is 1. The molecule has 8 nitrogen and oxygen atoms in total.